The lowest BCUT2D eigenvalue weighted by Crippen LogP contribution is -2.61. The standard InChI is InChI=1S/C13H24N4O2/c14-11(17-19)13(8-4-1-5-9-13)16-12(18)15-10-6-2-3-7-10/h10,19H,1-9H2,(H2,14,17)(H2,15,16,18). The van der Waals surface area contributed by atoms with E-state index in [2.05, 4.69) is 15.8 Å². The monoisotopic (exact) mass is 268 g/mol. The summed E-state index contributed by atoms with van der Waals surface area (Å²) in [5.74, 6) is 0.119. The van der Waals surface area contributed by atoms with E-state index in [4.69, 9.17) is 10.9 Å². The maximum Gasteiger partial charge on any atom is 0.315 e. The van der Waals surface area contributed by atoms with Crippen LogP contribution in [0.2, 0.25) is 0 Å². The first-order chi connectivity index (χ1) is 9.16. The molecule has 0 aromatic carbocycles. The molecule has 0 saturated heterocycles. The van der Waals surface area contributed by atoms with E-state index in [-0.39, 0.29) is 17.9 Å². The average molecular weight is 268 g/mol. The molecule has 0 unspecified atom stereocenters. The van der Waals surface area contributed by atoms with Gasteiger partial charge in [0.25, 0.3) is 0 Å². The zero-order chi connectivity index (χ0) is 13.7. The van der Waals surface area contributed by atoms with Crippen LogP contribution in [-0.4, -0.2) is 28.7 Å². The summed E-state index contributed by atoms with van der Waals surface area (Å²) in [6, 6.07) is 0.0772. The van der Waals surface area contributed by atoms with Gasteiger partial charge in [-0.3, -0.25) is 0 Å². The first-order valence-corrected chi connectivity index (χ1v) is 7.23. The molecular formula is C13H24N4O2. The van der Waals surface area contributed by atoms with Crippen LogP contribution in [0.3, 0.4) is 0 Å². The van der Waals surface area contributed by atoms with E-state index in [9.17, 15) is 4.79 Å². The van der Waals surface area contributed by atoms with Crippen LogP contribution >= 0.6 is 0 Å². The second-order valence-electron chi connectivity index (χ2n) is 5.71. The molecule has 108 valence electrons. The molecule has 2 amide bonds. The Kier molecular flexibility index (Phi) is 4.50. The van der Waals surface area contributed by atoms with Gasteiger partial charge in [0.15, 0.2) is 5.84 Å². The summed E-state index contributed by atoms with van der Waals surface area (Å²) in [5, 5.41) is 18.0. The number of urea groups is 1. The van der Waals surface area contributed by atoms with Crippen molar-refractivity contribution in [2.24, 2.45) is 10.9 Å². The van der Waals surface area contributed by atoms with Gasteiger partial charge in [-0.1, -0.05) is 37.3 Å². The maximum atomic E-state index is 12.1. The highest BCUT2D eigenvalue weighted by Gasteiger charge is 2.38. The third kappa shape index (κ3) is 3.30. The van der Waals surface area contributed by atoms with Crippen molar-refractivity contribution >= 4 is 11.9 Å². The maximum absolute atomic E-state index is 12.1. The lowest BCUT2D eigenvalue weighted by Gasteiger charge is -2.37. The molecule has 5 N–H and O–H groups in total. The Balaban J connectivity index is 1.97. The second kappa shape index (κ2) is 6.12. The molecule has 6 nitrogen and oxygen atoms in total. The normalized spacial score (nSPS) is 24.1. The number of hydrogen-bond acceptors (Lipinski definition) is 3. The zero-order valence-corrected chi connectivity index (χ0v) is 11.3. The number of rotatable bonds is 3. The molecule has 0 radical (unpaired) electrons. The van der Waals surface area contributed by atoms with Crippen LogP contribution in [0.4, 0.5) is 4.79 Å². The topological polar surface area (TPSA) is 99.7 Å². The third-order valence-corrected chi connectivity index (χ3v) is 4.35. The molecule has 0 heterocycles. The minimum absolute atomic E-state index is 0.119. The van der Waals surface area contributed by atoms with Gasteiger partial charge in [0, 0.05) is 6.04 Å². The first-order valence-electron chi connectivity index (χ1n) is 7.23. The van der Waals surface area contributed by atoms with Crippen molar-refractivity contribution in [2.45, 2.75) is 69.4 Å². The van der Waals surface area contributed by atoms with Gasteiger partial charge in [0.1, 0.15) is 5.54 Å². The number of oxime groups is 1. The molecule has 2 saturated carbocycles. The van der Waals surface area contributed by atoms with E-state index in [1.54, 1.807) is 0 Å². The average Bonchev–Trinajstić information content (AvgIpc) is 2.91. The first kappa shape index (κ1) is 14.0. The summed E-state index contributed by atoms with van der Waals surface area (Å²) in [4.78, 5) is 12.1. The molecule has 0 bridgehead atoms. The van der Waals surface area contributed by atoms with Gasteiger partial charge >= 0.3 is 6.03 Å². The predicted octanol–water partition coefficient (Wildman–Crippen LogP) is 1.68. The van der Waals surface area contributed by atoms with Crippen molar-refractivity contribution < 1.29 is 10.0 Å². The summed E-state index contributed by atoms with van der Waals surface area (Å²) in [7, 11) is 0. The Morgan fingerprint density at radius 2 is 1.79 bits per heavy atom. The number of carbonyl (C=O) groups is 1. The van der Waals surface area contributed by atoms with Gasteiger partial charge in [-0.05, 0) is 25.7 Å². The molecule has 2 fully saturated rings. The molecule has 2 aliphatic rings. The number of amidine groups is 1. The van der Waals surface area contributed by atoms with Gasteiger partial charge < -0.3 is 21.6 Å². The Bertz CT molecular complexity index is 345. The fraction of sp³-hybridized carbons (Fsp3) is 0.846. The Labute approximate surface area is 113 Å². The van der Waals surface area contributed by atoms with Gasteiger partial charge in [-0.15, -0.1) is 0 Å². The molecule has 0 spiro atoms. The zero-order valence-electron chi connectivity index (χ0n) is 11.3. The smallest absolute Gasteiger partial charge is 0.315 e. The minimum Gasteiger partial charge on any atom is -0.409 e. The molecule has 6 heteroatoms. The molecule has 0 aliphatic heterocycles. The molecule has 19 heavy (non-hydrogen) atoms. The number of nitrogens with two attached hydrogens (primary N) is 1. The third-order valence-electron chi connectivity index (χ3n) is 4.35. The van der Waals surface area contributed by atoms with Crippen molar-refractivity contribution in [3.05, 3.63) is 0 Å². The van der Waals surface area contributed by atoms with Gasteiger partial charge in [-0.2, -0.15) is 0 Å². The van der Waals surface area contributed by atoms with E-state index in [1.807, 2.05) is 0 Å². The number of nitrogens with zero attached hydrogens (tertiary/aromatic N) is 1. The van der Waals surface area contributed by atoms with Crippen LogP contribution in [-0.2, 0) is 0 Å². The van der Waals surface area contributed by atoms with E-state index in [1.165, 1.54) is 12.8 Å². The molecule has 0 aromatic heterocycles. The molecule has 2 aliphatic carbocycles. The number of hydrogen-bond donors (Lipinski definition) is 4. The van der Waals surface area contributed by atoms with Crippen molar-refractivity contribution in [1.82, 2.24) is 10.6 Å². The van der Waals surface area contributed by atoms with Crippen LogP contribution in [0, 0.1) is 0 Å². The van der Waals surface area contributed by atoms with Crippen LogP contribution in [0.1, 0.15) is 57.8 Å². The van der Waals surface area contributed by atoms with Crippen LogP contribution in [0.5, 0.6) is 0 Å². The van der Waals surface area contributed by atoms with Crippen LogP contribution in [0.25, 0.3) is 0 Å². The predicted molar refractivity (Wildman–Crippen MR) is 73.1 cm³/mol. The number of nitrogens with one attached hydrogen (secondary N) is 2. The highest BCUT2D eigenvalue weighted by Crippen LogP contribution is 2.28. The van der Waals surface area contributed by atoms with E-state index in [0.717, 1.165) is 44.9 Å². The Morgan fingerprint density at radius 1 is 1.16 bits per heavy atom. The molecular weight excluding hydrogens is 244 g/mol. The van der Waals surface area contributed by atoms with Crippen molar-refractivity contribution in [3.63, 3.8) is 0 Å². The van der Waals surface area contributed by atoms with Gasteiger partial charge in [0.05, 0.1) is 0 Å². The lowest BCUT2D eigenvalue weighted by atomic mass is 9.81. The summed E-state index contributed by atoms with van der Waals surface area (Å²) < 4.78 is 0. The second-order valence-corrected chi connectivity index (χ2v) is 5.71. The van der Waals surface area contributed by atoms with Crippen LogP contribution < -0.4 is 16.4 Å². The van der Waals surface area contributed by atoms with Crippen molar-refractivity contribution in [2.75, 3.05) is 0 Å². The lowest BCUT2D eigenvalue weighted by molar-refractivity contribution is 0.218. The van der Waals surface area contributed by atoms with Crippen molar-refractivity contribution in [1.29, 1.82) is 0 Å². The molecule has 0 atom stereocenters. The highest BCUT2D eigenvalue weighted by molar-refractivity contribution is 5.93. The van der Waals surface area contributed by atoms with E-state index in [0.29, 0.717) is 0 Å². The molecule has 0 aromatic rings. The van der Waals surface area contributed by atoms with Gasteiger partial charge in [-0.25, -0.2) is 4.79 Å². The number of amides is 2. The molecule has 2 rings (SSSR count). The van der Waals surface area contributed by atoms with Crippen molar-refractivity contribution in [3.8, 4) is 0 Å². The largest absolute Gasteiger partial charge is 0.409 e. The quantitative estimate of drug-likeness (QED) is 0.271. The summed E-state index contributed by atoms with van der Waals surface area (Å²) in [5.41, 5.74) is 5.13. The minimum atomic E-state index is -0.671. The summed E-state index contributed by atoms with van der Waals surface area (Å²) in [6.07, 6.45) is 9.02. The van der Waals surface area contributed by atoms with Crippen LogP contribution in [0.15, 0.2) is 5.16 Å². The Hall–Kier alpha value is -1.46. The summed E-state index contributed by atoms with van der Waals surface area (Å²) >= 11 is 0. The Morgan fingerprint density at radius 3 is 2.37 bits per heavy atom. The summed E-state index contributed by atoms with van der Waals surface area (Å²) in [6.45, 7) is 0. The van der Waals surface area contributed by atoms with E-state index < -0.39 is 5.54 Å². The fourth-order valence-corrected chi connectivity index (χ4v) is 3.21. The highest BCUT2D eigenvalue weighted by atomic mass is 16.4. The fourth-order valence-electron chi connectivity index (χ4n) is 3.21. The van der Waals surface area contributed by atoms with Gasteiger partial charge in [0.2, 0.25) is 0 Å². The SMILES string of the molecule is NC(=NO)C1(NC(=O)NC2CCCC2)CCCCC1. The van der Waals surface area contributed by atoms with E-state index >= 15 is 0 Å². The number of carbonyl (C=O) groups excluding carboxylic acids is 1.